The van der Waals surface area contributed by atoms with Gasteiger partial charge >= 0.3 is 0 Å². The molecule has 0 radical (unpaired) electrons. The molecule has 0 aliphatic rings. The number of aliphatic hydroxyl groups is 1. The molecule has 1 atom stereocenters. The van der Waals surface area contributed by atoms with Crippen molar-refractivity contribution in [2.24, 2.45) is 5.73 Å². The highest BCUT2D eigenvalue weighted by atomic mass is 19.1. The van der Waals surface area contributed by atoms with E-state index < -0.39 is 5.82 Å². The van der Waals surface area contributed by atoms with Gasteiger partial charge in [0, 0.05) is 35.6 Å². The maximum atomic E-state index is 14.2. The van der Waals surface area contributed by atoms with Gasteiger partial charge in [-0.15, -0.1) is 0 Å². The molecule has 2 heterocycles. The Kier molecular flexibility index (Phi) is 13.9. The lowest BCUT2D eigenvalue weighted by atomic mass is 10.0. The van der Waals surface area contributed by atoms with E-state index in [1.165, 1.54) is 13.2 Å². The predicted octanol–water partition coefficient (Wildman–Crippen LogP) is 7.10. The molecule has 0 saturated carbocycles. The van der Waals surface area contributed by atoms with Crippen molar-refractivity contribution in [3.05, 3.63) is 71.9 Å². The van der Waals surface area contributed by atoms with Crippen LogP contribution < -0.4 is 15.8 Å². The molecule has 2 aromatic heterocycles. The molecule has 4 aromatic rings. The molecule has 0 aliphatic heterocycles. The van der Waals surface area contributed by atoms with E-state index in [0.29, 0.717) is 23.4 Å². The smallest absolute Gasteiger partial charge is 0.180 e. The normalized spacial score (nSPS) is 11.1. The molecule has 0 aliphatic carbocycles. The molecule has 0 bridgehead atoms. The standard InChI is InChI=1S/C25H25FN4O2.C4H10O.C3H9N/c1-4-5-6-22(31)19-9-8-18(13-16(19)2)29-24-25-28-15-21(30(25)12-11-27-24)17-7-10-23(32-3)20(26)14-17;1-3-4(2)5;1-2-3-4/h7-15H,4-6H2,1-3H3,(H,27,29);4-5H,3H2,1-2H3;2-4H2,1H3. The number of hydrogen-bond acceptors (Lipinski definition) is 7. The molecule has 222 valence electrons. The van der Waals surface area contributed by atoms with Crippen LogP contribution in [0.2, 0.25) is 0 Å². The number of anilines is 2. The largest absolute Gasteiger partial charge is 0.494 e. The molecular weight excluding hydrogens is 521 g/mol. The number of ketones is 1. The van der Waals surface area contributed by atoms with Gasteiger partial charge in [0.05, 0.1) is 25.1 Å². The molecular formula is C32H44FN5O3. The lowest BCUT2D eigenvalue weighted by molar-refractivity contribution is 0.0979. The van der Waals surface area contributed by atoms with Gasteiger partial charge in [-0.25, -0.2) is 14.4 Å². The molecule has 2 aromatic carbocycles. The molecule has 9 heteroatoms. The first-order valence-corrected chi connectivity index (χ1v) is 14.1. The van der Waals surface area contributed by atoms with Gasteiger partial charge in [0.2, 0.25) is 0 Å². The Bertz CT molecular complexity index is 1390. The second-order valence-corrected chi connectivity index (χ2v) is 9.69. The number of aromatic nitrogens is 3. The van der Waals surface area contributed by atoms with E-state index in [1.54, 1.807) is 37.6 Å². The van der Waals surface area contributed by atoms with Gasteiger partial charge in [-0.2, -0.15) is 0 Å². The monoisotopic (exact) mass is 565 g/mol. The zero-order valence-electron chi connectivity index (χ0n) is 25.1. The maximum Gasteiger partial charge on any atom is 0.180 e. The molecule has 41 heavy (non-hydrogen) atoms. The summed E-state index contributed by atoms with van der Waals surface area (Å²) in [6.07, 6.45) is 9.43. The van der Waals surface area contributed by atoms with Gasteiger partial charge in [0.1, 0.15) is 0 Å². The Morgan fingerprint density at radius 1 is 1.15 bits per heavy atom. The Hall–Kier alpha value is -3.82. The fourth-order valence-corrected chi connectivity index (χ4v) is 3.71. The number of aryl methyl sites for hydroxylation is 1. The van der Waals surface area contributed by atoms with Crippen LogP contribution in [0, 0.1) is 12.7 Å². The number of carbonyl (C=O) groups excluding carboxylic acids is 1. The van der Waals surface area contributed by atoms with Crippen molar-refractivity contribution in [2.45, 2.75) is 72.8 Å². The first kappa shape index (κ1) is 33.4. The van der Waals surface area contributed by atoms with Gasteiger partial charge < -0.3 is 20.9 Å². The minimum Gasteiger partial charge on any atom is -0.494 e. The number of rotatable bonds is 10. The summed E-state index contributed by atoms with van der Waals surface area (Å²) in [6, 6.07) is 10.5. The van der Waals surface area contributed by atoms with Gasteiger partial charge in [-0.3, -0.25) is 9.20 Å². The van der Waals surface area contributed by atoms with E-state index >= 15 is 0 Å². The van der Waals surface area contributed by atoms with Crippen LogP contribution in [0.1, 0.15) is 75.7 Å². The molecule has 0 saturated heterocycles. The molecule has 4 rings (SSSR count). The van der Waals surface area contributed by atoms with Gasteiger partial charge in [-0.1, -0.05) is 27.2 Å². The summed E-state index contributed by atoms with van der Waals surface area (Å²) < 4.78 is 21.1. The second kappa shape index (κ2) is 17.1. The summed E-state index contributed by atoms with van der Waals surface area (Å²) in [6.45, 7) is 10.6. The lowest BCUT2D eigenvalue weighted by Crippen LogP contribution is -2.03. The maximum absolute atomic E-state index is 14.2. The van der Waals surface area contributed by atoms with Crippen LogP contribution in [0.3, 0.4) is 0 Å². The van der Waals surface area contributed by atoms with Crippen molar-refractivity contribution in [3.63, 3.8) is 0 Å². The highest BCUT2D eigenvalue weighted by Crippen LogP contribution is 2.29. The van der Waals surface area contributed by atoms with E-state index in [2.05, 4.69) is 29.1 Å². The van der Waals surface area contributed by atoms with E-state index in [0.717, 1.165) is 54.7 Å². The van der Waals surface area contributed by atoms with E-state index in [9.17, 15) is 9.18 Å². The van der Waals surface area contributed by atoms with E-state index in [1.807, 2.05) is 36.4 Å². The Morgan fingerprint density at radius 3 is 2.41 bits per heavy atom. The number of ether oxygens (including phenoxy) is 1. The molecule has 1 unspecified atom stereocenters. The number of unbranched alkanes of at least 4 members (excludes halogenated alkanes) is 1. The number of fused-ring (bicyclic) bond motifs is 1. The third kappa shape index (κ3) is 9.65. The van der Waals surface area contributed by atoms with Crippen molar-refractivity contribution in [3.8, 4) is 17.0 Å². The summed E-state index contributed by atoms with van der Waals surface area (Å²) in [5.74, 6) is 0.493. The van der Waals surface area contributed by atoms with Crippen LogP contribution in [0.5, 0.6) is 5.75 Å². The third-order valence-corrected chi connectivity index (χ3v) is 6.30. The Morgan fingerprint density at radius 2 is 1.85 bits per heavy atom. The summed E-state index contributed by atoms with van der Waals surface area (Å²) >= 11 is 0. The van der Waals surface area contributed by atoms with Crippen molar-refractivity contribution < 1.29 is 19.0 Å². The summed E-state index contributed by atoms with van der Waals surface area (Å²) in [4.78, 5) is 21.3. The fraction of sp³-hybridized carbons (Fsp3) is 0.406. The number of hydrogen-bond donors (Lipinski definition) is 3. The number of methoxy groups -OCH3 is 1. The Balaban J connectivity index is 0.000000571. The number of halogens is 1. The highest BCUT2D eigenvalue weighted by molar-refractivity contribution is 5.97. The van der Waals surface area contributed by atoms with Crippen LogP contribution in [0.4, 0.5) is 15.9 Å². The number of carbonyl (C=O) groups is 1. The van der Waals surface area contributed by atoms with Gasteiger partial charge in [0.25, 0.3) is 0 Å². The van der Waals surface area contributed by atoms with Crippen LogP contribution >= 0.6 is 0 Å². The second-order valence-electron chi connectivity index (χ2n) is 9.69. The first-order chi connectivity index (χ1) is 19.7. The van der Waals surface area contributed by atoms with Crippen LogP contribution in [0.25, 0.3) is 16.9 Å². The van der Waals surface area contributed by atoms with Crippen molar-refractivity contribution >= 4 is 22.9 Å². The molecule has 8 nitrogen and oxygen atoms in total. The number of nitrogens with one attached hydrogen (secondary N) is 1. The minimum absolute atomic E-state index is 0.116. The zero-order chi connectivity index (χ0) is 30.4. The number of aliphatic hydroxyl groups excluding tert-OH is 1. The number of imidazole rings is 1. The average molecular weight is 566 g/mol. The number of nitrogens with zero attached hydrogens (tertiary/aromatic N) is 3. The van der Waals surface area contributed by atoms with E-state index in [4.69, 9.17) is 15.6 Å². The van der Waals surface area contributed by atoms with Gasteiger partial charge in [-0.05, 0) is 81.6 Å². The molecule has 0 fully saturated rings. The van der Waals surface area contributed by atoms with Gasteiger partial charge in [0.15, 0.2) is 28.8 Å². The zero-order valence-corrected chi connectivity index (χ0v) is 25.1. The number of Topliss-reactive ketones (excluding diaryl/α,β-unsaturated/α-hetero) is 1. The Labute approximate surface area is 242 Å². The molecule has 0 spiro atoms. The van der Waals surface area contributed by atoms with Crippen LogP contribution in [-0.2, 0) is 0 Å². The number of nitrogens with two attached hydrogens (primary N) is 1. The quantitative estimate of drug-likeness (QED) is 0.176. The van der Waals surface area contributed by atoms with Crippen molar-refractivity contribution in [1.29, 1.82) is 0 Å². The minimum atomic E-state index is -0.434. The van der Waals surface area contributed by atoms with E-state index in [-0.39, 0.29) is 17.6 Å². The summed E-state index contributed by atoms with van der Waals surface area (Å²) in [5.41, 5.74) is 9.54. The van der Waals surface area contributed by atoms with Crippen molar-refractivity contribution in [2.75, 3.05) is 19.0 Å². The first-order valence-electron chi connectivity index (χ1n) is 14.1. The highest BCUT2D eigenvalue weighted by Gasteiger charge is 2.14. The molecule has 4 N–H and O–H groups in total. The topological polar surface area (TPSA) is 115 Å². The fourth-order valence-electron chi connectivity index (χ4n) is 3.71. The van der Waals surface area contributed by atoms with Crippen LogP contribution in [-0.4, -0.2) is 45.0 Å². The summed E-state index contributed by atoms with van der Waals surface area (Å²) in [5, 5.41) is 11.7. The summed E-state index contributed by atoms with van der Waals surface area (Å²) in [7, 11) is 1.44. The lowest BCUT2D eigenvalue weighted by Gasteiger charge is -2.11. The van der Waals surface area contributed by atoms with Crippen LogP contribution in [0.15, 0.2) is 55.0 Å². The third-order valence-electron chi connectivity index (χ3n) is 6.30. The average Bonchev–Trinajstić information content (AvgIpc) is 3.41. The van der Waals surface area contributed by atoms with Crippen molar-refractivity contribution in [1.82, 2.24) is 14.4 Å². The number of benzene rings is 2. The molecule has 0 amide bonds. The predicted molar refractivity (Wildman–Crippen MR) is 165 cm³/mol. The SMILES string of the molecule is CCC(C)O.CCCCC(=O)c1ccc(Nc2nccn3c(-c4ccc(OC)c(F)c4)cnc23)cc1C.CCCN.